The van der Waals surface area contributed by atoms with E-state index in [1.165, 1.54) is 0 Å². The molecule has 3 rings (SSSR count). The van der Waals surface area contributed by atoms with Crippen molar-refractivity contribution >= 4 is 17.0 Å². The first-order valence-corrected chi connectivity index (χ1v) is 5.78. The highest BCUT2D eigenvalue weighted by molar-refractivity contribution is 5.99. The highest BCUT2D eigenvalue weighted by atomic mass is 16.4. The van der Waals surface area contributed by atoms with Gasteiger partial charge in [-0.1, -0.05) is 0 Å². The van der Waals surface area contributed by atoms with E-state index in [4.69, 9.17) is 5.11 Å². The average molecular weight is 247 g/mol. The molecule has 2 aromatic rings. The fourth-order valence-electron chi connectivity index (χ4n) is 2.16. The highest BCUT2D eigenvalue weighted by Crippen LogP contribution is 2.19. The third-order valence-corrected chi connectivity index (χ3v) is 2.98. The van der Waals surface area contributed by atoms with Crippen molar-refractivity contribution in [2.24, 2.45) is 0 Å². The lowest BCUT2D eigenvalue weighted by atomic mass is 10.2. The van der Waals surface area contributed by atoms with Crippen molar-refractivity contribution < 1.29 is 9.90 Å². The van der Waals surface area contributed by atoms with E-state index in [0.717, 1.165) is 13.1 Å². The zero-order valence-corrected chi connectivity index (χ0v) is 9.63. The Hall–Kier alpha value is -1.99. The van der Waals surface area contributed by atoms with Crippen LogP contribution in [0.4, 0.5) is 0 Å². The SMILES string of the molecule is O=C(O)c1nn(C2CNCCN2)c2ncccc12. The van der Waals surface area contributed by atoms with E-state index in [9.17, 15) is 4.79 Å². The van der Waals surface area contributed by atoms with E-state index in [1.807, 2.05) is 0 Å². The molecular formula is C11H13N5O2. The minimum absolute atomic E-state index is 0.0467. The number of hydrogen-bond acceptors (Lipinski definition) is 5. The maximum absolute atomic E-state index is 11.2. The number of fused-ring (bicyclic) bond motifs is 1. The van der Waals surface area contributed by atoms with Gasteiger partial charge in [0.2, 0.25) is 0 Å². The lowest BCUT2D eigenvalue weighted by molar-refractivity contribution is 0.0690. The van der Waals surface area contributed by atoms with Gasteiger partial charge in [0.1, 0.15) is 6.17 Å². The van der Waals surface area contributed by atoms with Crippen LogP contribution in [0.5, 0.6) is 0 Å². The molecular weight excluding hydrogens is 234 g/mol. The summed E-state index contributed by atoms with van der Waals surface area (Å²) in [5.41, 5.74) is 0.640. The van der Waals surface area contributed by atoms with Gasteiger partial charge in [0, 0.05) is 25.8 Å². The number of piperazine rings is 1. The molecule has 1 atom stereocenters. The zero-order valence-electron chi connectivity index (χ0n) is 9.63. The second-order valence-electron chi connectivity index (χ2n) is 4.15. The topological polar surface area (TPSA) is 92.1 Å². The fraction of sp³-hybridized carbons (Fsp3) is 0.364. The normalized spacial score (nSPS) is 20.1. The van der Waals surface area contributed by atoms with E-state index < -0.39 is 5.97 Å². The molecule has 0 saturated carbocycles. The molecule has 0 radical (unpaired) electrons. The van der Waals surface area contributed by atoms with E-state index in [1.54, 1.807) is 23.0 Å². The summed E-state index contributed by atoms with van der Waals surface area (Å²) in [7, 11) is 0. The Kier molecular flexibility index (Phi) is 2.69. The Morgan fingerprint density at radius 3 is 3.11 bits per heavy atom. The highest BCUT2D eigenvalue weighted by Gasteiger charge is 2.22. The molecule has 3 N–H and O–H groups in total. The molecule has 94 valence electrons. The molecule has 0 bridgehead atoms. The largest absolute Gasteiger partial charge is 0.476 e. The third kappa shape index (κ3) is 1.73. The third-order valence-electron chi connectivity index (χ3n) is 2.98. The molecule has 18 heavy (non-hydrogen) atoms. The number of hydrogen-bond donors (Lipinski definition) is 3. The molecule has 0 aromatic carbocycles. The van der Waals surface area contributed by atoms with Crippen LogP contribution in [0.25, 0.3) is 11.0 Å². The quantitative estimate of drug-likeness (QED) is 0.682. The molecule has 3 heterocycles. The van der Waals surface area contributed by atoms with Gasteiger partial charge < -0.3 is 10.4 Å². The number of carboxylic acid groups (broad SMARTS) is 1. The van der Waals surface area contributed by atoms with Crippen LogP contribution in [0.2, 0.25) is 0 Å². The molecule has 1 saturated heterocycles. The molecule has 1 fully saturated rings. The van der Waals surface area contributed by atoms with E-state index in [0.29, 0.717) is 17.6 Å². The number of aromatic carboxylic acids is 1. The summed E-state index contributed by atoms with van der Waals surface area (Å²) in [6.07, 6.45) is 1.58. The first-order chi connectivity index (χ1) is 8.77. The van der Waals surface area contributed by atoms with Crippen LogP contribution in [0.15, 0.2) is 18.3 Å². The number of nitrogens with zero attached hydrogens (tertiary/aromatic N) is 3. The van der Waals surface area contributed by atoms with Gasteiger partial charge in [-0.05, 0) is 12.1 Å². The smallest absolute Gasteiger partial charge is 0.357 e. The number of carboxylic acids is 1. The molecule has 1 aliphatic heterocycles. The van der Waals surface area contributed by atoms with Gasteiger partial charge in [0.05, 0.1) is 5.39 Å². The van der Waals surface area contributed by atoms with E-state index in [-0.39, 0.29) is 11.9 Å². The predicted octanol–water partition coefficient (Wildman–Crippen LogP) is -0.179. The zero-order chi connectivity index (χ0) is 12.5. The molecule has 2 aromatic heterocycles. The lowest BCUT2D eigenvalue weighted by Crippen LogP contribution is -2.45. The van der Waals surface area contributed by atoms with Gasteiger partial charge in [-0.3, -0.25) is 5.32 Å². The summed E-state index contributed by atoms with van der Waals surface area (Å²) in [4.78, 5) is 15.4. The summed E-state index contributed by atoms with van der Waals surface area (Å²) in [6.45, 7) is 2.42. The molecule has 1 unspecified atom stereocenters. The summed E-state index contributed by atoms with van der Waals surface area (Å²) in [6, 6.07) is 3.44. The Morgan fingerprint density at radius 1 is 1.50 bits per heavy atom. The monoisotopic (exact) mass is 247 g/mol. The van der Waals surface area contributed by atoms with Crippen LogP contribution >= 0.6 is 0 Å². The molecule has 0 amide bonds. The second-order valence-corrected chi connectivity index (χ2v) is 4.15. The first-order valence-electron chi connectivity index (χ1n) is 5.78. The van der Waals surface area contributed by atoms with E-state index >= 15 is 0 Å². The number of aromatic nitrogens is 3. The Morgan fingerprint density at radius 2 is 2.39 bits per heavy atom. The van der Waals surface area contributed by atoms with Crippen LogP contribution in [0, 0.1) is 0 Å². The van der Waals surface area contributed by atoms with Gasteiger partial charge in [0.25, 0.3) is 0 Å². The van der Waals surface area contributed by atoms with Crippen LogP contribution in [0.1, 0.15) is 16.7 Å². The number of carbonyl (C=O) groups is 1. The van der Waals surface area contributed by atoms with Gasteiger partial charge in [0.15, 0.2) is 11.3 Å². The maximum Gasteiger partial charge on any atom is 0.357 e. The van der Waals surface area contributed by atoms with Crippen molar-refractivity contribution in [2.75, 3.05) is 19.6 Å². The van der Waals surface area contributed by atoms with Crippen molar-refractivity contribution in [3.63, 3.8) is 0 Å². The number of rotatable bonds is 2. The van der Waals surface area contributed by atoms with Crippen molar-refractivity contribution in [3.8, 4) is 0 Å². The summed E-state index contributed by atoms with van der Waals surface area (Å²) in [5.74, 6) is -1.03. The van der Waals surface area contributed by atoms with Gasteiger partial charge >= 0.3 is 5.97 Å². The van der Waals surface area contributed by atoms with Crippen molar-refractivity contribution in [3.05, 3.63) is 24.0 Å². The van der Waals surface area contributed by atoms with Crippen molar-refractivity contribution in [2.45, 2.75) is 6.17 Å². The van der Waals surface area contributed by atoms with Gasteiger partial charge in [-0.15, -0.1) is 0 Å². The second kappa shape index (κ2) is 4.35. The van der Waals surface area contributed by atoms with E-state index in [2.05, 4.69) is 20.7 Å². The van der Waals surface area contributed by atoms with Crippen molar-refractivity contribution in [1.29, 1.82) is 0 Å². The van der Waals surface area contributed by atoms with Crippen LogP contribution < -0.4 is 10.6 Å². The lowest BCUT2D eigenvalue weighted by Gasteiger charge is -2.24. The van der Waals surface area contributed by atoms with Gasteiger partial charge in [-0.2, -0.15) is 5.10 Å². The number of nitrogens with one attached hydrogen (secondary N) is 2. The van der Waals surface area contributed by atoms with Gasteiger partial charge in [-0.25, -0.2) is 14.5 Å². The van der Waals surface area contributed by atoms with Crippen LogP contribution in [0.3, 0.4) is 0 Å². The Bertz CT molecular complexity index is 588. The molecule has 7 heteroatoms. The standard InChI is InChI=1S/C11H13N5O2/c17-11(18)9-7-2-1-3-14-10(7)16(15-9)8-6-12-4-5-13-8/h1-3,8,12-13H,4-6H2,(H,17,18). The molecule has 1 aliphatic rings. The summed E-state index contributed by atoms with van der Waals surface area (Å²) in [5, 5.41) is 20.4. The summed E-state index contributed by atoms with van der Waals surface area (Å²) < 4.78 is 1.64. The molecule has 0 aliphatic carbocycles. The minimum Gasteiger partial charge on any atom is -0.476 e. The Balaban J connectivity index is 2.13. The minimum atomic E-state index is -1.03. The van der Waals surface area contributed by atoms with Crippen LogP contribution in [-0.4, -0.2) is 45.5 Å². The molecule has 7 nitrogen and oxygen atoms in total. The maximum atomic E-state index is 11.2. The predicted molar refractivity (Wildman–Crippen MR) is 64.4 cm³/mol. The fourth-order valence-corrected chi connectivity index (χ4v) is 2.16. The average Bonchev–Trinajstić information content (AvgIpc) is 2.79. The number of pyridine rings is 1. The molecule has 0 spiro atoms. The van der Waals surface area contributed by atoms with Crippen LogP contribution in [-0.2, 0) is 0 Å². The van der Waals surface area contributed by atoms with Crippen molar-refractivity contribution in [1.82, 2.24) is 25.4 Å². The first kappa shape index (κ1) is 11.1. The Labute approximate surface area is 103 Å². The summed E-state index contributed by atoms with van der Waals surface area (Å²) >= 11 is 0.